The quantitative estimate of drug-likeness (QED) is 0.903. The highest BCUT2D eigenvalue weighted by Gasteiger charge is 2.23. The monoisotopic (exact) mass is 301 g/mol. The Morgan fingerprint density at radius 1 is 1.09 bits per heavy atom. The van der Waals surface area contributed by atoms with Gasteiger partial charge >= 0.3 is 5.69 Å². The summed E-state index contributed by atoms with van der Waals surface area (Å²) in [4.78, 5) is 29.5. The third-order valence-corrected chi connectivity index (χ3v) is 3.69. The average Bonchev–Trinajstić information content (AvgIpc) is 2.46. The van der Waals surface area contributed by atoms with Gasteiger partial charge in [0.15, 0.2) is 0 Å². The first-order valence-corrected chi connectivity index (χ1v) is 7.37. The first kappa shape index (κ1) is 14.6. The predicted molar refractivity (Wildman–Crippen MR) is 84.9 cm³/mol. The summed E-state index contributed by atoms with van der Waals surface area (Å²) in [5, 5.41) is 0. The van der Waals surface area contributed by atoms with Crippen LogP contribution in [0.15, 0.2) is 46.0 Å². The largest absolute Gasteiger partial charge is 0.372 e. The zero-order chi connectivity index (χ0) is 15.7. The lowest BCUT2D eigenvalue weighted by atomic mass is 10.2. The number of H-pyrrole nitrogens is 1. The molecule has 2 heterocycles. The van der Waals surface area contributed by atoms with E-state index in [9.17, 15) is 9.59 Å². The van der Waals surface area contributed by atoms with E-state index in [1.54, 1.807) is 24.3 Å². The smallest absolute Gasteiger partial charge is 0.334 e. The van der Waals surface area contributed by atoms with Gasteiger partial charge in [0.25, 0.3) is 5.56 Å². The average molecular weight is 301 g/mol. The molecule has 1 aliphatic rings. The molecule has 6 heteroatoms. The molecule has 116 valence electrons. The van der Waals surface area contributed by atoms with Crippen molar-refractivity contribution in [3.63, 3.8) is 0 Å². The molecule has 22 heavy (non-hydrogen) atoms. The van der Waals surface area contributed by atoms with Crippen molar-refractivity contribution in [2.24, 2.45) is 0 Å². The summed E-state index contributed by atoms with van der Waals surface area (Å²) in [5.41, 5.74) is -0.207. The lowest BCUT2D eigenvalue weighted by molar-refractivity contribution is -0.00549. The number of nitrogens with one attached hydrogen (secondary N) is 1. The number of nitrogens with zero attached hydrogens (tertiary/aromatic N) is 2. The molecule has 0 unspecified atom stereocenters. The van der Waals surface area contributed by atoms with E-state index in [2.05, 4.69) is 4.98 Å². The first-order valence-electron chi connectivity index (χ1n) is 7.37. The lowest BCUT2D eigenvalue weighted by Gasteiger charge is -2.36. The van der Waals surface area contributed by atoms with Gasteiger partial charge in [-0.15, -0.1) is 0 Å². The number of aromatic amines is 1. The van der Waals surface area contributed by atoms with Gasteiger partial charge in [-0.2, -0.15) is 0 Å². The Labute approximate surface area is 128 Å². The zero-order valence-electron chi connectivity index (χ0n) is 12.7. The van der Waals surface area contributed by atoms with E-state index in [-0.39, 0.29) is 17.8 Å². The van der Waals surface area contributed by atoms with Crippen LogP contribution in [0.3, 0.4) is 0 Å². The molecule has 0 saturated carbocycles. The first-order chi connectivity index (χ1) is 10.5. The van der Waals surface area contributed by atoms with Crippen LogP contribution in [0.4, 0.5) is 5.82 Å². The molecule has 0 bridgehead atoms. The molecule has 1 saturated heterocycles. The molecule has 6 nitrogen and oxygen atoms in total. The number of anilines is 1. The van der Waals surface area contributed by atoms with Crippen molar-refractivity contribution in [3.05, 3.63) is 57.2 Å². The molecule has 0 spiro atoms. The van der Waals surface area contributed by atoms with Crippen LogP contribution in [0.2, 0.25) is 0 Å². The van der Waals surface area contributed by atoms with E-state index >= 15 is 0 Å². The highest BCUT2D eigenvalue weighted by molar-refractivity contribution is 5.40. The molecule has 0 amide bonds. The second-order valence-electron chi connectivity index (χ2n) is 5.63. The summed E-state index contributed by atoms with van der Waals surface area (Å²) in [6, 6.07) is 10.4. The van der Waals surface area contributed by atoms with Crippen molar-refractivity contribution < 1.29 is 4.74 Å². The van der Waals surface area contributed by atoms with Crippen LogP contribution >= 0.6 is 0 Å². The Morgan fingerprint density at radius 3 is 2.32 bits per heavy atom. The second kappa shape index (κ2) is 5.81. The van der Waals surface area contributed by atoms with Crippen molar-refractivity contribution >= 4 is 5.82 Å². The molecular weight excluding hydrogens is 282 g/mol. The van der Waals surface area contributed by atoms with Gasteiger partial charge in [-0.3, -0.25) is 9.78 Å². The van der Waals surface area contributed by atoms with E-state index < -0.39 is 5.69 Å². The van der Waals surface area contributed by atoms with Gasteiger partial charge in [-0.05, 0) is 26.0 Å². The number of para-hydroxylation sites is 1. The fourth-order valence-electron chi connectivity index (χ4n) is 2.85. The fraction of sp³-hybridized carbons (Fsp3) is 0.375. The molecule has 1 fully saturated rings. The minimum absolute atomic E-state index is 0.0591. The fourth-order valence-corrected chi connectivity index (χ4v) is 2.85. The van der Waals surface area contributed by atoms with Gasteiger partial charge in [0, 0.05) is 19.2 Å². The van der Waals surface area contributed by atoms with Gasteiger partial charge in [0.2, 0.25) is 0 Å². The number of hydrogen-bond acceptors (Lipinski definition) is 4. The number of morpholine rings is 1. The molecule has 1 aromatic carbocycles. The van der Waals surface area contributed by atoms with Crippen molar-refractivity contribution in [1.82, 2.24) is 9.55 Å². The Bertz CT molecular complexity index is 725. The number of benzene rings is 1. The van der Waals surface area contributed by atoms with Gasteiger partial charge in [-0.25, -0.2) is 9.36 Å². The normalized spacial score (nSPS) is 21.8. The molecule has 2 aromatic rings. The van der Waals surface area contributed by atoms with Gasteiger partial charge in [-0.1, -0.05) is 18.2 Å². The molecule has 0 aliphatic carbocycles. The van der Waals surface area contributed by atoms with Gasteiger partial charge in [0.1, 0.15) is 5.82 Å². The summed E-state index contributed by atoms with van der Waals surface area (Å²) in [7, 11) is 0. The molecule has 1 N–H and O–H groups in total. The highest BCUT2D eigenvalue weighted by atomic mass is 16.5. The van der Waals surface area contributed by atoms with Gasteiger partial charge in [0.05, 0.1) is 17.9 Å². The van der Waals surface area contributed by atoms with E-state index in [1.165, 1.54) is 6.07 Å². The maximum atomic E-state index is 12.4. The predicted octanol–water partition coefficient (Wildman–Crippen LogP) is 1.14. The van der Waals surface area contributed by atoms with Crippen molar-refractivity contribution in [1.29, 1.82) is 0 Å². The Hall–Kier alpha value is -2.34. The Morgan fingerprint density at radius 2 is 1.73 bits per heavy atom. The minimum Gasteiger partial charge on any atom is -0.372 e. The molecule has 1 aromatic heterocycles. The lowest BCUT2D eigenvalue weighted by Crippen LogP contribution is -2.47. The summed E-state index contributed by atoms with van der Waals surface area (Å²) >= 11 is 0. The summed E-state index contributed by atoms with van der Waals surface area (Å²) < 4.78 is 6.81. The van der Waals surface area contributed by atoms with Crippen molar-refractivity contribution in [2.45, 2.75) is 26.1 Å². The van der Waals surface area contributed by atoms with Crippen LogP contribution in [0.1, 0.15) is 13.8 Å². The van der Waals surface area contributed by atoms with E-state index in [0.29, 0.717) is 24.6 Å². The highest BCUT2D eigenvalue weighted by Crippen LogP contribution is 2.16. The van der Waals surface area contributed by atoms with Crippen molar-refractivity contribution in [3.8, 4) is 5.69 Å². The minimum atomic E-state index is -0.430. The van der Waals surface area contributed by atoms with Crippen LogP contribution < -0.4 is 16.1 Å². The zero-order valence-corrected chi connectivity index (χ0v) is 12.7. The maximum absolute atomic E-state index is 12.4. The standard InChI is InChI=1S/C16H19N3O3/c1-11-9-18(10-12(2)22-11)14-8-15(20)19(16(21)17-14)13-6-4-3-5-7-13/h3-8,11-12H,9-10H2,1-2H3,(H,17,21)/t11-,12-/m0/s1. The molecule has 3 rings (SSSR count). The third-order valence-electron chi connectivity index (χ3n) is 3.69. The van der Waals surface area contributed by atoms with Gasteiger partial charge < -0.3 is 9.64 Å². The Balaban J connectivity index is 2.00. The molecule has 1 aliphatic heterocycles. The van der Waals surface area contributed by atoms with Crippen LogP contribution in [-0.2, 0) is 4.74 Å². The van der Waals surface area contributed by atoms with E-state index in [0.717, 1.165) is 4.57 Å². The van der Waals surface area contributed by atoms with Crippen LogP contribution in [0, 0.1) is 0 Å². The van der Waals surface area contributed by atoms with Crippen molar-refractivity contribution in [2.75, 3.05) is 18.0 Å². The summed E-state index contributed by atoms with van der Waals surface area (Å²) in [6.07, 6.45) is 0.118. The third kappa shape index (κ3) is 2.82. The van der Waals surface area contributed by atoms with E-state index in [1.807, 2.05) is 24.8 Å². The van der Waals surface area contributed by atoms with Crippen LogP contribution in [-0.4, -0.2) is 34.8 Å². The topological polar surface area (TPSA) is 67.3 Å². The summed E-state index contributed by atoms with van der Waals surface area (Å²) in [6.45, 7) is 5.25. The number of hydrogen-bond donors (Lipinski definition) is 1. The number of aromatic nitrogens is 2. The SMILES string of the molecule is C[C@H]1CN(c2cc(=O)n(-c3ccccc3)c(=O)[nH]2)C[C@H](C)O1. The van der Waals surface area contributed by atoms with Crippen LogP contribution in [0.25, 0.3) is 5.69 Å². The maximum Gasteiger partial charge on any atom is 0.334 e. The number of ether oxygens (including phenoxy) is 1. The van der Waals surface area contributed by atoms with Crippen LogP contribution in [0.5, 0.6) is 0 Å². The number of rotatable bonds is 2. The summed E-state index contributed by atoms with van der Waals surface area (Å²) in [5.74, 6) is 0.546. The molecular formula is C16H19N3O3. The molecule has 2 atom stereocenters. The van der Waals surface area contributed by atoms with E-state index in [4.69, 9.17) is 4.74 Å². The Kier molecular flexibility index (Phi) is 3.85. The molecule has 0 radical (unpaired) electrons. The second-order valence-corrected chi connectivity index (χ2v) is 5.63.